The van der Waals surface area contributed by atoms with E-state index in [9.17, 15) is 4.79 Å². The molecule has 1 amide bonds. The number of hydrogen-bond acceptors (Lipinski definition) is 4. The predicted octanol–water partition coefficient (Wildman–Crippen LogP) is 4.09. The second-order valence-electron chi connectivity index (χ2n) is 6.55. The van der Waals surface area contributed by atoms with E-state index in [1.807, 2.05) is 24.3 Å². The van der Waals surface area contributed by atoms with Gasteiger partial charge in [-0.3, -0.25) is 4.79 Å². The maximum absolute atomic E-state index is 12.7. The van der Waals surface area contributed by atoms with Crippen LogP contribution in [0.3, 0.4) is 0 Å². The highest BCUT2D eigenvalue weighted by molar-refractivity contribution is 6.31. The molecule has 2 aromatic carbocycles. The van der Waals surface area contributed by atoms with E-state index in [2.05, 4.69) is 22.2 Å². The van der Waals surface area contributed by atoms with E-state index >= 15 is 0 Å². The van der Waals surface area contributed by atoms with E-state index in [1.165, 1.54) is 0 Å². The lowest BCUT2D eigenvalue weighted by Gasteiger charge is -2.35. The van der Waals surface area contributed by atoms with Gasteiger partial charge in [-0.1, -0.05) is 23.7 Å². The summed E-state index contributed by atoms with van der Waals surface area (Å²) >= 11 is 6.00. The number of halogens is 1. The first kappa shape index (κ1) is 16.9. The zero-order valence-electron chi connectivity index (χ0n) is 14.5. The molecule has 1 aliphatic heterocycles. The monoisotopic (exact) mass is 369 g/mol. The third-order valence-corrected chi connectivity index (χ3v) is 4.93. The van der Waals surface area contributed by atoms with E-state index in [4.69, 9.17) is 16.0 Å². The van der Waals surface area contributed by atoms with Crippen LogP contribution in [0.25, 0.3) is 11.0 Å². The number of hydrogen-bond donors (Lipinski definition) is 1. The quantitative estimate of drug-likeness (QED) is 0.755. The lowest BCUT2D eigenvalue weighted by Crippen LogP contribution is -2.44. The van der Waals surface area contributed by atoms with Crippen LogP contribution in [0.15, 0.2) is 52.9 Å². The number of anilines is 2. The van der Waals surface area contributed by atoms with Crippen LogP contribution in [0, 0.1) is 0 Å². The second-order valence-corrected chi connectivity index (χ2v) is 6.99. The Morgan fingerprint density at radius 3 is 2.65 bits per heavy atom. The van der Waals surface area contributed by atoms with Gasteiger partial charge in [0, 0.05) is 36.6 Å². The van der Waals surface area contributed by atoms with Crippen LogP contribution >= 0.6 is 11.6 Å². The van der Waals surface area contributed by atoms with Gasteiger partial charge in [0.1, 0.15) is 5.58 Å². The first-order chi connectivity index (χ1) is 12.6. The van der Waals surface area contributed by atoms with Gasteiger partial charge in [-0.25, -0.2) is 0 Å². The van der Waals surface area contributed by atoms with Gasteiger partial charge in [0.05, 0.1) is 11.4 Å². The number of fused-ring (bicyclic) bond motifs is 1. The molecule has 0 bridgehead atoms. The third kappa shape index (κ3) is 3.41. The Hall–Kier alpha value is -2.50. The smallest absolute Gasteiger partial charge is 0.291 e. The molecule has 26 heavy (non-hydrogen) atoms. The van der Waals surface area contributed by atoms with E-state index in [-0.39, 0.29) is 11.7 Å². The second kappa shape index (κ2) is 7.02. The molecule has 1 fully saturated rings. The highest BCUT2D eigenvalue weighted by Gasteiger charge is 2.19. The molecular formula is C20H20ClN3O2. The van der Waals surface area contributed by atoms with E-state index in [0.717, 1.165) is 42.9 Å². The highest BCUT2D eigenvalue weighted by Crippen LogP contribution is 2.28. The van der Waals surface area contributed by atoms with Crippen LogP contribution in [0.2, 0.25) is 5.02 Å². The average Bonchev–Trinajstić information content (AvgIpc) is 3.06. The van der Waals surface area contributed by atoms with Crippen molar-refractivity contribution in [1.82, 2.24) is 4.90 Å². The van der Waals surface area contributed by atoms with Gasteiger partial charge in [-0.2, -0.15) is 0 Å². The molecule has 1 N–H and O–H groups in total. The molecule has 0 spiro atoms. The van der Waals surface area contributed by atoms with Crippen LogP contribution in [0.5, 0.6) is 0 Å². The Labute approximate surface area is 157 Å². The summed E-state index contributed by atoms with van der Waals surface area (Å²) in [5.74, 6) is 0.00865. The zero-order valence-corrected chi connectivity index (χ0v) is 15.3. The number of benzene rings is 2. The molecule has 6 heteroatoms. The van der Waals surface area contributed by atoms with Crippen LogP contribution in [0.1, 0.15) is 10.6 Å². The van der Waals surface area contributed by atoms with Crippen molar-refractivity contribution in [2.24, 2.45) is 0 Å². The van der Waals surface area contributed by atoms with Crippen molar-refractivity contribution in [2.75, 3.05) is 43.4 Å². The summed E-state index contributed by atoms with van der Waals surface area (Å²) in [5, 5.41) is 4.42. The normalized spacial score (nSPS) is 15.4. The van der Waals surface area contributed by atoms with Crippen molar-refractivity contribution in [3.63, 3.8) is 0 Å². The molecule has 3 aromatic rings. The number of likely N-dealkylation sites (N-methyl/N-ethyl adjacent to an activating group) is 1. The summed E-state index contributed by atoms with van der Waals surface area (Å²) in [6.45, 7) is 3.89. The molecule has 0 unspecified atom stereocenters. The van der Waals surface area contributed by atoms with Crippen LogP contribution in [0.4, 0.5) is 11.4 Å². The minimum absolute atomic E-state index is 0.265. The van der Waals surface area contributed by atoms with Gasteiger partial charge in [-0.15, -0.1) is 0 Å². The van der Waals surface area contributed by atoms with Gasteiger partial charge < -0.3 is 19.5 Å². The fourth-order valence-electron chi connectivity index (χ4n) is 3.21. The van der Waals surface area contributed by atoms with Crippen molar-refractivity contribution < 1.29 is 9.21 Å². The van der Waals surface area contributed by atoms with Crippen molar-refractivity contribution in [3.8, 4) is 0 Å². The molecule has 0 atom stereocenters. The van der Waals surface area contributed by atoms with Gasteiger partial charge in [-0.05, 0) is 43.4 Å². The number of piperazine rings is 1. The molecule has 5 nitrogen and oxygen atoms in total. The number of carbonyl (C=O) groups is 1. The number of nitrogens with zero attached hydrogens (tertiary/aromatic N) is 2. The van der Waals surface area contributed by atoms with Gasteiger partial charge in [0.2, 0.25) is 0 Å². The number of amides is 1. The van der Waals surface area contributed by atoms with E-state index in [0.29, 0.717) is 10.6 Å². The zero-order chi connectivity index (χ0) is 18.1. The maximum Gasteiger partial charge on any atom is 0.291 e. The summed E-state index contributed by atoms with van der Waals surface area (Å²) in [5.41, 5.74) is 2.47. The first-order valence-corrected chi connectivity index (χ1v) is 9.01. The molecule has 0 radical (unpaired) electrons. The largest absolute Gasteiger partial charge is 0.451 e. The summed E-state index contributed by atoms with van der Waals surface area (Å²) in [7, 11) is 2.12. The topological polar surface area (TPSA) is 48.7 Å². The standard InChI is InChI=1S/C20H20ClN3O2/c1-23-8-10-24(11-9-23)17-5-3-2-4-16(17)22-20(25)19-13-14-12-15(21)6-7-18(14)26-19/h2-7,12-13H,8-11H2,1H3,(H,22,25). The SMILES string of the molecule is CN1CCN(c2ccccc2NC(=O)c2cc3cc(Cl)ccc3o2)CC1. The molecule has 134 valence electrons. The summed E-state index contributed by atoms with van der Waals surface area (Å²) < 4.78 is 5.67. The summed E-state index contributed by atoms with van der Waals surface area (Å²) in [6.07, 6.45) is 0. The molecule has 1 aliphatic rings. The minimum atomic E-state index is -0.265. The molecular weight excluding hydrogens is 350 g/mol. The Morgan fingerprint density at radius 1 is 1.08 bits per heavy atom. The molecule has 1 saturated heterocycles. The molecule has 4 rings (SSSR count). The number of furan rings is 1. The van der Waals surface area contributed by atoms with Crippen molar-refractivity contribution in [2.45, 2.75) is 0 Å². The molecule has 0 aliphatic carbocycles. The Morgan fingerprint density at radius 2 is 1.85 bits per heavy atom. The van der Waals surface area contributed by atoms with Crippen LogP contribution in [-0.4, -0.2) is 44.0 Å². The molecule has 1 aromatic heterocycles. The number of rotatable bonds is 3. The number of nitrogens with one attached hydrogen (secondary N) is 1. The lowest BCUT2D eigenvalue weighted by atomic mass is 10.2. The van der Waals surface area contributed by atoms with Crippen molar-refractivity contribution in [3.05, 3.63) is 59.3 Å². The lowest BCUT2D eigenvalue weighted by molar-refractivity contribution is 0.0998. The van der Waals surface area contributed by atoms with E-state index in [1.54, 1.807) is 24.3 Å². The minimum Gasteiger partial charge on any atom is -0.451 e. The van der Waals surface area contributed by atoms with Gasteiger partial charge >= 0.3 is 0 Å². The van der Waals surface area contributed by atoms with Gasteiger partial charge in [0.15, 0.2) is 5.76 Å². The third-order valence-electron chi connectivity index (χ3n) is 4.70. The average molecular weight is 370 g/mol. The first-order valence-electron chi connectivity index (χ1n) is 8.63. The van der Waals surface area contributed by atoms with Crippen molar-refractivity contribution in [1.29, 1.82) is 0 Å². The Balaban J connectivity index is 1.57. The van der Waals surface area contributed by atoms with E-state index < -0.39 is 0 Å². The fraction of sp³-hybridized carbons (Fsp3) is 0.250. The number of para-hydroxylation sites is 2. The van der Waals surface area contributed by atoms with Crippen LogP contribution < -0.4 is 10.2 Å². The Kier molecular flexibility index (Phi) is 4.57. The molecule has 0 saturated carbocycles. The summed E-state index contributed by atoms with van der Waals surface area (Å²) in [4.78, 5) is 17.3. The van der Waals surface area contributed by atoms with Gasteiger partial charge in [0.25, 0.3) is 5.91 Å². The van der Waals surface area contributed by atoms with Crippen molar-refractivity contribution >= 4 is 39.9 Å². The summed E-state index contributed by atoms with van der Waals surface area (Å²) in [6, 6.07) is 14.9. The molecule has 2 heterocycles. The Bertz CT molecular complexity index is 945. The maximum atomic E-state index is 12.7. The fourth-order valence-corrected chi connectivity index (χ4v) is 3.39. The number of carbonyl (C=O) groups excluding carboxylic acids is 1. The highest BCUT2D eigenvalue weighted by atomic mass is 35.5. The predicted molar refractivity (Wildman–Crippen MR) is 105 cm³/mol. The van der Waals surface area contributed by atoms with Crippen LogP contribution in [-0.2, 0) is 0 Å².